The van der Waals surface area contributed by atoms with Crippen molar-refractivity contribution in [2.75, 3.05) is 6.54 Å². The Morgan fingerprint density at radius 1 is 1.22 bits per heavy atom. The van der Waals surface area contributed by atoms with Gasteiger partial charge in [-0.25, -0.2) is 0 Å². The number of ketones is 1. The van der Waals surface area contributed by atoms with Crippen LogP contribution in [0.5, 0.6) is 0 Å². The van der Waals surface area contributed by atoms with E-state index in [0.29, 0.717) is 29.6 Å². The van der Waals surface area contributed by atoms with Crippen molar-refractivity contribution >= 4 is 22.6 Å². The van der Waals surface area contributed by atoms with Crippen LogP contribution in [0.4, 0.5) is 0 Å². The summed E-state index contributed by atoms with van der Waals surface area (Å²) in [7, 11) is 0. The molecule has 2 aliphatic rings. The normalized spacial score (nSPS) is 19.7. The molecule has 7 nitrogen and oxygen atoms in total. The molecule has 0 bridgehead atoms. The molecule has 1 saturated carbocycles. The number of nitrogens with one attached hydrogen (secondary N) is 1. The van der Waals surface area contributed by atoms with E-state index in [0.717, 1.165) is 42.4 Å². The summed E-state index contributed by atoms with van der Waals surface area (Å²) in [5.74, 6) is 0.577. The van der Waals surface area contributed by atoms with Gasteiger partial charge in [-0.05, 0) is 38.7 Å². The fraction of sp³-hybridized carbons (Fsp3) is 0.400. The number of aromatic nitrogens is 3. The molecule has 1 unspecified atom stereocenters. The molecule has 2 aromatic heterocycles. The van der Waals surface area contributed by atoms with E-state index in [4.69, 9.17) is 4.52 Å². The second-order valence-corrected chi connectivity index (χ2v) is 7.42. The number of nitrogens with zero attached hydrogens (tertiary/aromatic N) is 3. The molecule has 1 aliphatic carbocycles. The molecule has 1 amide bonds. The van der Waals surface area contributed by atoms with Gasteiger partial charge in [0.05, 0.1) is 5.56 Å². The fourth-order valence-corrected chi connectivity index (χ4v) is 3.96. The van der Waals surface area contributed by atoms with Crippen LogP contribution in [0.15, 0.2) is 28.8 Å². The van der Waals surface area contributed by atoms with E-state index in [9.17, 15) is 9.59 Å². The lowest BCUT2D eigenvalue weighted by atomic mass is 10.1. The molecular weight excluding hydrogens is 344 g/mol. The van der Waals surface area contributed by atoms with Gasteiger partial charge in [-0.1, -0.05) is 23.4 Å². The predicted octanol–water partition coefficient (Wildman–Crippen LogP) is 3.28. The van der Waals surface area contributed by atoms with Crippen molar-refractivity contribution in [2.45, 2.75) is 44.6 Å². The number of benzene rings is 1. The van der Waals surface area contributed by atoms with Gasteiger partial charge >= 0.3 is 0 Å². The molecule has 1 N–H and O–H groups in total. The van der Waals surface area contributed by atoms with Crippen molar-refractivity contribution in [3.8, 4) is 0 Å². The molecule has 1 saturated heterocycles. The van der Waals surface area contributed by atoms with E-state index in [1.165, 1.54) is 0 Å². The Morgan fingerprint density at radius 2 is 2.04 bits per heavy atom. The van der Waals surface area contributed by atoms with E-state index < -0.39 is 11.7 Å². The summed E-state index contributed by atoms with van der Waals surface area (Å²) in [6, 6.07) is 7.22. The first-order chi connectivity index (χ1) is 13.1. The molecule has 7 heteroatoms. The van der Waals surface area contributed by atoms with Crippen LogP contribution in [-0.2, 0) is 4.79 Å². The molecule has 1 aliphatic heterocycles. The van der Waals surface area contributed by atoms with Crippen molar-refractivity contribution < 1.29 is 14.1 Å². The minimum Gasteiger partial charge on any atom is -0.358 e. The van der Waals surface area contributed by atoms with Crippen LogP contribution < -0.4 is 0 Å². The largest absolute Gasteiger partial charge is 0.358 e. The van der Waals surface area contributed by atoms with E-state index in [2.05, 4.69) is 15.1 Å². The minimum absolute atomic E-state index is 0.313. The van der Waals surface area contributed by atoms with Gasteiger partial charge in [-0.2, -0.15) is 4.98 Å². The Hall–Kier alpha value is -2.96. The van der Waals surface area contributed by atoms with Crippen molar-refractivity contribution in [1.82, 2.24) is 20.0 Å². The maximum Gasteiger partial charge on any atom is 0.295 e. The Kier molecular flexibility index (Phi) is 3.63. The van der Waals surface area contributed by atoms with Crippen LogP contribution in [-0.4, -0.2) is 38.3 Å². The van der Waals surface area contributed by atoms with Gasteiger partial charge in [0.25, 0.3) is 11.7 Å². The van der Waals surface area contributed by atoms with E-state index in [1.807, 2.05) is 31.2 Å². The summed E-state index contributed by atoms with van der Waals surface area (Å²) >= 11 is 0. The summed E-state index contributed by atoms with van der Waals surface area (Å²) in [4.78, 5) is 35.4. The lowest BCUT2D eigenvalue weighted by Gasteiger charge is -2.21. The number of likely N-dealkylation sites (tertiary alicyclic amines) is 1. The van der Waals surface area contributed by atoms with Gasteiger partial charge in [0.1, 0.15) is 6.04 Å². The van der Waals surface area contributed by atoms with Gasteiger partial charge < -0.3 is 14.4 Å². The molecule has 138 valence electrons. The lowest BCUT2D eigenvalue weighted by Crippen LogP contribution is -2.36. The molecule has 3 heterocycles. The number of hydrogen-bond donors (Lipinski definition) is 1. The smallest absolute Gasteiger partial charge is 0.295 e. The van der Waals surface area contributed by atoms with Gasteiger partial charge in [0.2, 0.25) is 5.89 Å². The summed E-state index contributed by atoms with van der Waals surface area (Å²) in [5, 5.41) is 4.83. The predicted molar refractivity (Wildman–Crippen MR) is 97.3 cm³/mol. The first-order valence-electron chi connectivity index (χ1n) is 9.39. The van der Waals surface area contributed by atoms with Crippen LogP contribution in [0.1, 0.15) is 65.4 Å². The zero-order valence-electron chi connectivity index (χ0n) is 15.1. The van der Waals surface area contributed by atoms with Gasteiger partial charge in [-0.15, -0.1) is 0 Å². The molecule has 5 rings (SSSR count). The Balaban J connectivity index is 1.44. The Labute approximate surface area is 155 Å². The number of amides is 1. The van der Waals surface area contributed by atoms with Crippen LogP contribution >= 0.6 is 0 Å². The van der Waals surface area contributed by atoms with Crippen molar-refractivity contribution in [1.29, 1.82) is 0 Å². The highest BCUT2D eigenvalue weighted by Gasteiger charge is 2.39. The summed E-state index contributed by atoms with van der Waals surface area (Å²) in [6.45, 7) is 2.35. The molecule has 2 fully saturated rings. The molecular formula is C20H20N4O3. The zero-order chi connectivity index (χ0) is 18.5. The number of para-hydroxylation sites is 1. The SMILES string of the molecule is Cc1[nH]c2ccccc2c1C(=O)C(=O)N1CCCC1c1nc(C2CC2)no1. The number of aromatic amines is 1. The quantitative estimate of drug-likeness (QED) is 0.566. The van der Waals surface area contributed by atoms with Crippen molar-refractivity contribution in [3.63, 3.8) is 0 Å². The number of hydrogen-bond acceptors (Lipinski definition) is 5. The second-order valence-electron chi connectivity index (χ2n) is 7.42. The highest BCUT2D eigenvalue weighted by Crippen LogP contribution is 2.40. The lowest BCUT2D eigenvalue weighted by molar-refractivity contribution is -0.127. The monoisotopic (exact) mass is 364 g/mol. The van der Waals surface area contributed by atoms with Crippen LogP contribution in [0.25, 0.3) is 10.9 Å². The maximum atomic E-state index is 13.1. The first kappa shape index (κ1) is 16.2. The van der Waals surface area contributed by atoms with Gasteiger partial charge in [-0.3, -0.25) is 9.59 Å². The number of rotatable bonds is 4. The topological polar surface area (TPSA) is 92.1 Å². The number of Topliss-reactive ketones (excluding diaryl/α,β-unsaturated/α-hetero) is 1. The van der Waals surface area contributed by atoms with Crippen LogP contribution in [0.3, 0.4) is 0 Å². The van der Waals surface area contributed by atoms with E-state index in [-0.39, 0.29) is 6.04 Å². The zero-order valence-corrected chi connectivity index (χ0v) is 15.1. The number of aryl methyl sites for hydroxylation is 1. The molecule has 0 spiro atoms. The summed E-state index contributed by atoms with van der Waals surface area (Å²) in [6.07, 6.45) is 3.73. The van der Waals surface area contributed by atoms with E-state index >= 15 is 0 Å². The average Bonchev–Trinajstić information content (AvgIpc) is 3.09. The molecule has 0 radical (unpaired) electrons. The number of fused-ring (bicyclic) bond motifs is 1. The first-order valence-corrected chi connectivity index (χ1v) is 9.39. The third-order valence-electron chi connectivity index (χ3n) is 5.51. The number of carbonyl (C=O) groups is 2. The van der Waals surface area contributed by atoms with Crippen LogP contribution in [0, 0.1) is 6.92 Å². The number of carbonyl (C=O) groups excluding carboxylic acids is 2. The molecule has 1 aromatic carbocycles. The minimum atomic E-state index is -0.503. The Morgan fingerprint density at radius 3 is 2.85 bits per heavy atom. The standard InChI is InChI=1S/C20H20N4O3/c1-11-16(13-5-2-3-6-14(13)21-11)17(25)20(26)24-10-4-7-15(24)19-22-18(23-27-19)12-8-9-12/h2-3,5-6,12,15,21H,4,7-10H2,1H3. The van der Waals surface area contributed by atoms with Crippen LogP contribution in [0.2, 0.25) is 0 Å². The van der Waals surface area contributed by atoms with E-state index in [1.54, 1.807) is 4.90 Å². The molecule has 27 heavy (non-hydrogen) atoms. The van der Waals surface area contributed by atoms with Crippen molar-refractivity contribution in [2.24, 2.45) is 0 Å². The van der Waals surface area contributed by atoms with Crippen molar-refractivity contribution in [3.05, 3.63) is 47.2 Å². The highest BCUT2D eigenvalue weighted by atomic mass is 16.5. The Bertz CT molecular complexity index is 1050. The third kappa shape index (κ3) is 2.65. The summed E-state index contributed by atoms with van der Waals surface area (Å²) < 4.78 is 5.42. The van der Waals surface area contributed by atoms with Gasteiger partial charge in [0, 0.05) is 29.1 Å². The average molecular weight is 364 g/mol. The maximum absolute atomic E-state index is 13.1. The second kappa shape index (κ2) is 6.04. The fourth-order valence-electron chi connectivity index (χ4n) is 3.96. The number of H-pyrrole nitrogens is 1. The third-order valence-corrected chi connectivity index (χ3v) is 5.51. The highest BCUT2D eigenvalue weighted by molar-refractivity contribution is 6.45. The van der Waals surface area contributed by atoms with Gasteiger partial charge in [0.15, 0.2) is 5.82 Å². The molecule has 1 atom stereocenters. The summed E-state index contributed by atoms with van der Waals surface area (Å²) in [5.41, 5.74) is 2.01. The molecule has 3 aromatic rings.